The van der Waals surface area contributed by atoms with Crippen molar-refractivity contribution in [1.82, 2.24) is 19.7 Å². The number of carbonyl (C=O) groups is 1. The maximum atomic E-state index is 12.3. The van der Waals surface area contributed by atoms with Gasteiger partial charge in [-0.2, -0.15) is 10.4 Å². The summed E-state index contributed by atoms with van der Waals surface area (Å²) in [5, 5.41) is 13.2. The van der Waals surface area contributed by atoms with Gasteiger partial charge in [-0.15, -0.1) is 0 Å². The third-order valence-corrected chi connectivity index (χ3v) is 4.11. The molecule has 0 aliphatic heterocycles. The highest BCUT2D eigenvalue weighted by atomic mass is 16.2. The molecular formula is C17H21N5O2. The number of aromatic nitrogens is 3. The van der Waals surface area contributed by atoms with Gasteiger partial charge in [-0.05, 0) is 31.4 Å². The number of hydrogen-bond acceptors (Lipinski definition) is 4. The van der Waals surface area contributed by atoms with Gasteiger partial charge in [-0.1, -0.05) is 0 Å². The average molecular weight is 327 g/mol. The fraction of sp³-hybridized carbons (Fsp3) is 0.412. The van der Waals surface area contributed by atoms with E-state index in [1.54, 1.807) is 36.7 Å². The molecule has 2 rings (SSSR count). The minimum absolute atomic E-state index is 0.00219. The van der Waals surface area contributed by atoms with Crippen LogP contribution in [0.5, 0.6) is 0 Å². The van der Waals surface area contributed by atoms with E-state index >= 15 is 0 Å². The van der Waals surface area contributed by atoms with Crippen LogP contribution in [0.25, 0.3) is 0 Å². The van der Waals surface area contributed by atoms with Crippen LogP contribution in [0.15, 0.2) is 17.2 Å². The van der Waals surface area contributed by atoms with Crippen molar-refractivity contribution in [2.45, 2.75) is 33.2 Å². The van der Waals surface area contributed by atoms with Crippen LogP contribution in [0.4, 0.5) is 0 Å². The molecule has 0 aliphatic carbocycles. The summed E-state index contributed by atoms with van der Waals surface area (Å²) < 4.78 is 1.70. The van der Waals surface area contributed by atoms with Gasteiger partial charge in [0.25, 0.3) is 5.56 Å². The van der Waals surface area contributed by atoms with Crippen LogP contribution < -0.4 is 5.56 Å². The standard InChI is InChI=1S/C17H21N5O2/c1-11-14(12(2)20-17(24)15(11)7-18)5-6-16(23)21(3)9-13-8-19-22(4)10-13/h8,10H,5-6,9H2,1-4H3,(H,20,24). The van der Waals surface area contributed by atoms with Gasteiger partial charge in [-0.25, -0.2) is 0 Å². The second-order valence-electron chi connectivity index (χ2n) is 5.94. The van der Waals surface area contributed by atoms with Crippen molar-refractivity contribution in [1.29, 1.82) is 5.26 Å². The number of nitriles is 1. The summed E-state index contributed by atoms with van der Waals surface area (Å²) in [5.41, 5.74) is 2.93. The van der Waals surface area contributed by atoms with Gasteiger partial charge in [0.05, 0.1) is 6.20 Å². The van der Waals surface area contributed by atoms with E-state index in [2.05, 4.69) is 10.1 Å². The summed E-state index contributed by atoms with van der Waals surface area (Å²) in [7, 11) is 3.59. The highest BCUT2D eigenvalue weighted by molar-refractivity contribution is 5.76. The van der Waals surface area contributed by atoms with Crippen LogP contribution in [-0.2, 0) is 24.8 Å². The van der Waals surface area contributed by atoms with Crippen molar-refractivity contribution in [3.8, 4) is 6.07 Å². The van der Waals surface area contributed by atoms with Crippen LogP contribution in [-0.4, -0.2) is 32.6 Å². The van der Waals surface area contributed by atoms with Crippen LogP contribution in [0, 0.1) is 25.2 Å². The molecule has 0 bridgehead atoms. The first-order valence-corrected chi connectivity index (χ1v) is 7.67. The minimum Gasteiger partial charge on any atom is -0.341 e. The zero-order valence-electron chi connectivity index (χ0n) is 14.4. The fourth-order valence-corrected chi connectivity index (χ4v) is 2.76. The van der Waals surface area contributed by atoms with E-state index in [4.69, 9.17) is 5.26 Å². The summed E-state index contributed by atoms with van der Waals surface area (Å²) in [6.07, 6.45) is 4.41. The number of rotatable bonds is 5. The van der Waals surface area contributed by atoms with E-state index in [1.807, 2.05) is 19.3 Å². The van der Waals surface area contributed by atoms with Gasteiger partial charge in [-0.3, -0.25) is 14.3 Å². The maximum absolute atomic E-state index is 12.3. The van der Waals surface area contributed by atoms with Crippen LogP contribution >= 0.6 is 0 Å². The number of pyridine rings is 1. The van der Waals surface area contributed by atoms with E-state index in [9.17, 15) is 9.59 Å². The topological polar surface area (TPSA) is 94.8 Å². The zero-order chi connectivity index (χ0) is 17.9. The van der Waals surface area contributed by atoms with Crippen molar-refractivity contribution in [2.75, 3.05) is 7.05 Å². The average Bonchev–Trinajstić information content (AvgIpc) is 2.91. The Morgan fingerprint density at radius 3 is 2.75 bits per heavy atom. The van der Waals surface area contributed by atoms with E-state index in [-0.39, 0.29) is 17.0 Å². The number of aromatic amines is 1. The lowest BCUT2D eigenvalue weighted by molar-refractivity contribution is -0.130. The van der Waals surface area contributed by atoms with Gasteiger partial charge < -0.3 is 9.88 Å². The molecule has 0 unspecified atom stereocenters. The Bertz CT molecular complexity index is 857. The summed E-state index contributed by atoms with van der Waals surface area (Å²) in [6.45, 7) is 4.04. The summed E-state index contributed by atoms with van der Waals surface area (Å²) in [6, 6.07) is 1.93. The van der Waals surface area contributed by atoms with E-state index < -0.39 is 0 Å². The summed E-state index contributed by atoms with van der Waals surface area (Å²) in [4.78, 5) is 28.4. The molecule has 0 fully saturated rings. The normalized spacial score (nSPS) is 10.5. The van der Waals surface area contributed by atoms with Crippen molar-refractivity contribution >= 4 is 5.91 Å². The molecule has 2 aromatic heterocycles. The SMILES string of the molecule is Cc1[nH]c(=O)c(C#N)c(C)c1CCC(=O)N(C)Cc1cnn(C)c1. The summed E-state index contributed by atoms with van der Waals surface area (Å²) >= 11 is 0. The minimum atomic E-state index is -0.378. The van der Waals surface area contributed by atoms with Gasteiger partial charge in [0, 0.05) is 44.5 Å². The van der Waals surface area contributed by atoms with Gasteiger partial charge in [0.1, 0.15) is 11.6 Å². The molecule has 0 aromatic carbocycles. The quantitative estimate of drug-likeness (QED) is 0.892. The lowest BCUT2D eigenvalue weighted by Crippen LogP contribution is -2.26. The lowest BCUT2D eigenvalue weighted by atomic mass is 9.99. The largest absolute Gasteiger partial charge is 0.341 e. The Balaban J connectivity index is 2.06. The molecule has 0 saturated carbocycles. The Morgan fingerprint density at radius 2 is 2.17 bits per heavy atom. The number of carbonyl (C=O) groups excluding carboxylic acids is 1. The number of aryl methyl sites for hydroxylation is 2. The monoisotopic (exact) mass is 327 g/mol. The van der Waals surface area contributed by atoms with Crippen LogP contribution in [0.2, 0.25) is 0 Å². The second kappa shape index (κ2) is 7.13. The second-order valence-corrected chi connectivity index (χ2v) is 5.94. The number of nitrogens with one attached hydrogen (secondary N) is 1. The van der Waals surface area contributed by atoms with Crippen LogP contribution in [0.3, 0.4) is 0 Å². The number of nitrogens with zero attached hydrogens (tertiary/aromatic N) is 4. The van der Waals surface area contributed by atoms with E-state index in [0.717, 1.165) is 11.1 Å². The number of H-pyrrole nitrogens is 1. The van der Waals surface area contributed by atoms with Gasteiger partial charge >= 0.3 is 0 Å². The molecule has 24 heavy (non-hydrogen) atoms. The van der Waals surface area contributed by atoms with E-state index in [0.29, 0.717) is 30.6 Å². The molecule has 0 aliphatic rings. The molecule has 7 nitrogen and oxygen atoms in total. The molecule has 0 saturated heterocycles. The Kier molecular flexibility index (Phi) is 5.19. The van der Waals surface area contributed by atoms with Crippen molar-refractivity contribution < 1.29 is 4.79 Å². The number of hydrogen-bond donors (Lipinski definition) is 1. The molecular weight excluding hydrogens is 306 g/mol. The maximum Gasteiger partial charge on any atom is 0.266 e. The molecule has 1 N–H and O–H groups in total. The molecule has 2 heterocycles. The van der Waals surface area contributed by atoms with E-state index in [1.165, 1.54) is 0 Å². The van der Waals surface area contributed by atoms with Crippen LogP contribution in [0.1, 0.15) is 34.4 Å². The molecule has 0 atom stereocenters. The smallest absolute Gasteiger partial charge is 0.266 e. The molecule has 0 radical (unpaired) electrons. The third-order valence-electron chi connectivity index (χ3n) is 4.11. The van der Waals surface area contributed by atoms with Gasteiger partial charge in [0.15, 0.2) is 0 Å². The number of amides is 1. The van der Waals surface area contributed by atoms with Crippen molar-refractivity contribution in [3.63, 3.8) is 0 Å². The zero-order valence-corrected chi connectivity index (χ0v) is 14.4. The van der Waals surface area contributed by atoms with Crippen molar-refractivity contribution in [2.24, 2.45) is 7.05 Å². The molecule has 2 aromatic rings. The molecule has 126 valence electrons. The molecule has 0 spiro atoms. The Morgan fingerprint density at radius 1 is 1.46 bits per heavy atom. The van der Waals surface area contributed by atoms with Gasteiger partial charge in [0.2, 0.25) is 5.91 Å². The highest BCUT2D eigenvalue weighted by Gasteiger charge is 2.15. The summed E-state index contributed by atoms with van der Waals surface area (Å²) in [5.74, 6) is 0.00219. The molecule has 1 amide bonds. The fourth-order valence-electron chi connectivity index (χ4n) is 2.76. The third kappa shape index (κ3) is 3.71. The highest BCUT2D eigenvalue weighted by Crippen LogP contribution is 2.15. The molecule has 7 heteroatoms. The Labute approximate surface area is 140 Å². The van der Waals surface area contributed by atoms with Crippen molar-refractivity contribution in [3.05, 3.63) is 50.7 Å². The lowest BCUT2D eigenvalue weighted by Gasteiger charge is -2.17. The Hall–Kier alpha value is -2.88. The predicted molar refractivity (Wildman–Crippen MR) is 89.3 cm³/mol. The predicted octanol–water partition coefficient (Wildman–Crippen LogP) is 1.19. The first kappa shape index (κ1) is 17.5. The first-order chi connectivity index (χ1) is 11.3. The first-order valence-electron chi connectivity index (χ1n) is 7.67.